The molecule has 0 radical (unpaired) electrons. The summed E-state index contributed by atoms with van der Waals surface area (Å²) in [6.45, 7) is 10.0. The van der Waals surface area contributed by atoms with Gasteiger partial charge in [0, 0.05) is 32.7 Å². The number of hydrogen-bond donors (Lipinski definition) is 2. The van der Waals surface area contributed by atoms with Crippen LogP contribution in [0.25, 0.3) is 0 Å². The lowest BCUT2D eigenvalue weighted by Crippen LogP contribution is -2.48. The first kappa shape index (κ1) is 23.4. The number of aliphatic imine (C=N–C) groups is 1. The fraction of sp³-hybridized carbons (Fsp3) is 0.682. The molecule has 2 N–H and O–H groups in total. The predicted octanol–water partition coefficient (Wildman–Crippen LogP) is 3.44. The van der Waals surface area contributed by atoms with Gasteiger partial charge in [0.2, 0.25) is 0 Å². The molecule has 0 aliphatic carbocycles. The summed E-state index contributed by atoms with van der Waals surface area (Å²) in [7, 11) is 1.85. The van der Waals surface area contributed by atoms with Gasteiger partial charge in [-0.2, -0.15) is 0 Å². The highest BCUT2D eigenvalue weighted by atomic mass is 127. The number of likely N-dealkylation sites (tertiary alicyclic amines) is 2. The van der Waals surface area contributed by atoms with Gasteiger partial charge in [-0.05, 0) is 63.0 Å². The summed E-state index contributed by atoms with van der Waals surface area (Å²) in [4.78, 5) is 9.53. The van der Waals surface area contributed by atoms with Crippen LogP contribution in [-0.4, -0.2) is 61.6 Å². The number of rotatable bonds is 7. The first-order valence-electron chi connectivity index (χ1n) is 10.8. The molecule has 0 spiro atoms. The second-order valence-corrected chi connectivity index (χ2v) is 7.88. The first-order valence-corrected chi connectivity index (χ1v) is 10.8. The second-order valence-electron chi connectivity index (χ2n) is 7.88. The number of likely N-dealkylation sites (N-methyl/N-ethyl adjacent to an activating group) is 1. The van der Waals surface area contributed by atoms with E-state index in [1.54, 1.807) is 0 Å². The smallest absolute Gasteiger partial charge is 0.191 e. The van der Waals surface area contributed by atoms with Crippen molar-refractivity contribution in [1.29, 1.82) is 0 Å². The molecule has 1 aromatic rings. The van der Waals surface area contributed by atoms with E-state index in [1.807, 2.05) is 7.05 Å². The molecule has 2 aliphatic rings. The molecule has 2 saturated heterocycles. The molecule has 6 heteroatoms. The van der Waals surface area contributed by atoms with Crippen LogP contribution in [0.5, 0.6) is 0 Å². The first-order chi connectivity index (χ1) is 13.3. The summed E-state index contributed by atoms with van der Waals surface area (Å²) in [6.07, 6.45) is 6.68. The van der Waals surface area contributed by atoms with Crippen molar-refractivity contribution in [3.05, 3.63) is 35.4 Å². The molecule has 1 aromatic carbocycles. The summed E-state index contributed by atoms with van der Waals surface area (Å²) in [5.41, 5.74) is 2.72. The minimum atomic E-state index is 0. The zero-order chi connectivity index (χ0) is 18.9. The lowest BCUT2D eigenvalue weighted by Gasteiger charge is -2.35. The number of nitrogens with zero attached hydrogens (tertiary/aromatic N) is 3. The predicted molar refractivity (Wildman–Crippen MR) is 129 cm³/mol. The van der Waals surface area contributed by atoms with Crippen LogP contribution >= 0.6 is 24.0 Å². The van der Waals surface area contributed by atoms with Crippen molar-refractivity contribution in [2.75, 3.05) is 39.8 Å². The molecule has 2 aliphatic heterocycles. The van der Waals surface area contributed by atoms with E-state index in [0.717, 1.165) is 32.1 Å². The number of guanidine groups is 1. The maximum Gasteiger partial charge on any atom is 0.191 e. The molecule has 1 atom stereocenters. The van der Waals surface area contributed by atoms with E-state index < -0.39 is 0 Å². The monoisotopic (exact) mass is 499 g/mol. The van der Waals surface area contributed by atoms with Crippen molar-refractivity contribution in [3.63, 3.8) is 0 Å². The number of benzene rings is 1. The highest BCUT2D eigenvalue weighted by Gasteiger charge is 2.20. The third-order valence-corrected chi connectivity index (χ3v) is 5.97. The van der Waals surface area contributed by atoms with E-state index in [9.17, 15) is 0 Å². The number of piperidine rings is 1. The summed E-state index contributed by atoms with van der Waals surface area (Å²) in [6, 6.07) is 9.66. The standard InChI is InChI=1S/C22H37N5.HI/c1-3-27-15-5-4-8-21(27)17-25-22(23-2)24-16-19-9-11-20(12-10-19)18-26-13-6-7-14-26;/h9-12,21H,3-8,13-18H2,1-2H3,(H2,23,24,25);1H. The van der Waals surface area contributed by atoms with Crippen molar-refractivity contribution in [2.24, 2.45) is 4.99 Å². The molecule has 2 heterocycles. The van der Waals surface area contributed by atoms with Crippen LogP contribution in [0.2, 0.25) is 0 Å². The minimum Gasteiger partial charge on any atom is -0.355 e. The zero-order valence-electron chi connectivity index (χ0n) is 17.6. The largest absolute Gasteiger partial charge is 0.355 e. The fourth-order valence-electron chi connectivity index (χ4n) is 4.29. The van der Waals surface area contributed by atoms with E-state index in [-0.39, 0.29) is 24.0 Å². The average Bonchev–Trinajstić information content (AvgIpc) is 3.22. The summed E-state index contributed by atoms with van der Waals surface area (Å²) in [5, 5.41) is 6.98. The van der Waals surface area contributed by atoms with E-state index >= 15 is 0 Å². The Morgan fingerprint density at radius 1 is 1.00 bits per heavy atom. The molecular formula is C22H38IN5. The normalized spacial score (nSPS) is 21.4. The van der Waals surface area contributed by atoms with Gasteiger partial charge in [0.1, 0.15) is 0 Å². The van der Waals surface area contributed by atoms with Crippen molar-refractivity contribution < 1.29 is 0 Å². The topological polar surface area (TPSA) is 42.9 Å². The van der Waals surface area contributed by atoms with E-state index in [1.165, 1.54) is 62.9 Å². The average molecular weight is 499 g/mol. The Morgan fingerprint density at radius 2 is 1.68 bits per heavy atom. The van der Waals surface area contributed by atoms with Gasteiger partial charge in [-0.3, -0.25) is 14.8 Å². The molecule has 28 heavy (non-hydrogen) atoms. The van der Waals surface area contributed by atoms with Crippen LogP contribution in [0.15, 0.2) is 29.3 Å². The Morgan fingerprint density at radius 3 is 2.36 bits per heavy atom. The molecule has 1 unspecified atom stereocenters. The Bertz CT molecular complexity index is 583. The summed E-state index contributed by atoms with van der Waals surface area (Å²) < 4.78 is 0. The highest BCUT2D eigenvalue weighted by Crippen LogP contribution is 2.16. The Hall–Kier alpha value is -0.860. The second kappa shape index (κ2) is 12.6. The molecule has 0 saturated carbocycles. The molecular weight excluding hydrogens is 461 g/mol. The van der Waals surface area contributed by atoms with Gasteiger partial charge < -0.3 is 10.6 Å². The van der Waals surface area contributed by atoms with Gasteiger partial charge in [0.05, 0.1) is 0 Å². The lowest BCUT2D eigenvalue weighted by atomic mass is 10.0. The van der Waals surface area contributed by atoms with Crippen molar-refractivity contribution in [1.82, 2.24) is 20.4 Å². The molecule has 0 bridgehead atoms. The molecule has 2 fully saturated rings. The van der Waals surface area contributed by atoms with Gasteiger partial charge in [-0.25, -0.2) is 0 Å². The quantitative estimate of drug-likeness (QED) is 0.343. The van der Waals surface area contributed by atoms with Gasteiger partial charge in [-0.1, -0.05) is 37.6 Å². The fourth-order valence-corrected chi connectivity index (χ4v) is 4.29. The Labute approximate surface area is 188 Å². The minimum absolute atomic E-state index is 0. The number of nitrogens with one attached hydrogen (secondary N) is 2. The van der Waals surface area contributed by atoms with Crippen molar-refractivity contribution in [2.45, 2.75) is 58.2 Å². The molecule has 158 valence electrons. The van der Waals surface area contributed by atoms with Crippen LogP contribution in [0, 0.1) is 0 Å². The van der Waals surface area contributed by atoms with Gasteiger partial charge in [0.15, 0.2) is 5.96 Å². The van der Waals surface area contributed by atoms with Gasteiger partial charge >= 0.3 is 0 Å². The summed E-state index contributed by atoms with van der Waals surface area (Å²) in [5.74, 6) is 0.901. The van der Waals surface area contributed by atoms with E-state index in [2.05, 4.69) is 56.6 Å². The zero-order valence-corrected chi connectivity index (χ0v) is 20.0. The number of hydrogen-bond acceptors (Lipinski definition) is 3. The molecule has 5 nitrogen and oxygen atoms in total. The third kappa shape index (κ3) is 7.19. The highest BCUT2D eigenvalue weighted by molar-refractivity contribution is 14.0. The van der Waals surface area contributed by atoms with Crippen LogP contribution < -0.4 is 10.6 Å². The maximum atomic E-state index is 4.39. The van der Waals surface area contributed by atoms with Crippen LogP contribution in [0.1, 0.15) is 50.2 Å². The van der Waals surface area contributed by atoms with Gasteiger partial charge in [-0.15, -0.1) is 24.0 Å². The molecule has 0 amide bonds. The SMILES string of the molecule is CCN1CCCCC1CNC(=NC)NCc1ccc(CN2CCCC2)cc1.I. The molecule has 3 rings (SSSR count). The van der Waals surface area contributed by atoms with Crippen molar-refractivity contribution >= 4 is 29.9 Å². The van der Waals surface area contributed by atoms with Crippen molar-refractivity contribution in [3.8, 4) is 0 Å². The summed E-state index contributed by atoms with van der Waals surface area (Å²) >= 11 is 0. The van der Waals surface area contributed by atoms with E-state index in [0.29, 0.717) is 6.04 Å². The van der Waals surface area contributed by atoms with Gasteiger partial charge in [0.25, 0.3) is 0 Å². The van der Waals surface area contributed by atoms with Crippen LogP contribution in [0.3, 0.4) is 0 Å². The van der Waals surface area contributed by atoms with Crippen LogP contribution in [-0.2, 0) is 13.1 Å². The molecule has 0 aromatic heterocycles. The Kier molecular flexibility index (Phi) is 10.6. The maximum absolute atomic E-state index is 4.39. The lowest BCUT2D eigenvalue weighted by molar-refractivity contribution is 0.157. The van der Waals surface area contributed by atoms with Crippen LogP contribution in [0.4, 0.5) is 0 Å². The third-order valence-electron chi connectivity index (χ3n) is 5.97. The van der Waals surface area contributed by atoms with E-state index in [4.69, 9.17) is 0 Å². The Balaban J connectivity index is 0.00000280. The number of halogens is 1.